The fourth-order valence-electron chi connectivity index (χ4n) is 2.72. The van der Waals surface area contributed by atoms with Crippen LogP contribution in [0.5, 0.6) is 0 Å². The van der Waals surface area contributed by atoms with Gasteiger partial charge in [0.25, 0.3) is 5.91 Å². The topological polar surface area (TPSA) is 60.1 Å². The molecular formula is C20H16FN3O2S. The van der Waals surface area contributed by atoms with E-state index in [1.807, 2.05) is 29.6 Å². The smallest absolute Gasteiger partial charge is 0.269 e. The molecule has 0 aliphatic carbocycles. The van der Waals surface area contributed by atoms with E-state index >= 15 is 0 Å². The van der Waals surface area contributed by atoms with Crippen molar-refractivity contribution in [2.75, 3.05) is 0 Å². The molecule has 0 spiro atoms. The molecule has 5 nitrogen and oxygen atoms in total. The Hall–Kier alpha value is -3.19. The zero-order valence-corrected chi connectivity index (χ0v) is 15.3. The number of benzene rings is 1. The Morgan fingerprint density at radius 2 is 2.04 bits per heavy atom. The van der Waals surface area contributed by atoms with Gasteiger partial charge in [-0.05, 0) is 53.9 Å². The van der Waals surface area contributed by atoms with Gasteiger partial charge in [-0.2, -0.15) is 5.10 Å². The van der Waals surface area contributed by atoms with Crippen molar-refractivity contribution in [3.8, 4) is 21.9 Å². The van der Waals surface area contributed by atoms with Crippen LogP contribution in [0.15, 0.2) is 64.4 Å². The maximum Gasteiger partial charge on any atom is 0.269 e. The second-order valence-electron chi connectivity index (χ2n) is 5.97. The fraction of sp³-hybridized carbons (Fsp3) is 0.100. The van der Waals surface area contributed by atoms with Crippen molar-refractivity contribution in [3.63, 3.8) is 0 Å². The molecule has 0 aliphatic heterocycles. The molecular weight excluding hydrogens is 365 g/mol. The largest absolute Gasteiger partial charge is 0.458 e. The summed E-state index contributed by atoms with van der Waals surface area (Å²) in [6.45, 7) is 0.279. The lowest BCUT2D eigenvalue weighted by molar-refractivity contribution is 0.0938. The van der Waals surface area contributed by atoms with Crippen LogP contribution in [-0.4, -0.2) is 15.7 Å². The third kappa shape index (κ3) is 3.68. The van der Waals surface area contributed by atoms with Gasteiger partial charge in [0, 0.05) is 12.6 Å². The molecule has 136 valence electrons. The molecule has 0 aliphatic rings. The van der Waals surface area contributed by atoms with E-state index in [2.05, 4.69) is 10.4 Å². The highest BCUT2D eigenvalue weighted by Gasteiger charge is 2.15. The van der Waals surface area contributed by atoms with Gasteiger partial charge >= 0.3 is 0 Å². The number of carbonyl (C=O) groups excluding carboxylic acids is 1. The van der Waals surface area contributed by atoms with E-state index < -0.39 is 0 Å². The summed E-state index contributed by atoms with van der Waals surface area (Å²) >= 11 is 1.60. The fourth-order valence-corrected chi connectivity index (χ4v) is 3.41. The van der Waals surface area contributed by atoms with Crippen molar-refractivity contribution in [2.45, 2.75) is 6.54 Å². The second-order valence-corrected chi connectivity index (χ2v) is 6.92. The summed E-state index contributed by atoms with van der Waals surface area (Å²) in [4.78, 5) is 13.5. The van der Waals surface area contributed by atoms with Gasteiger partial charge in [-0.15, -0.1) is 11.3 Å². The number of nitrogens with zero attached hydrogens (tertiary/aromatic N) is 2. The van der Waals surface area contributed by atoms with E-state index in [1.165, 1.54) is 16.8 Å². The van der Waals surface area contributed by atoms with Crippen LogP contribution < -0.4 is 5.32 Å². The SMILES string of the molecule is Cn1nc(-c2ccc(F)cc2)cc1C(=O)NCc1ccc(-c2cccs2)o1. The molecule has 0 fully saturated rings. The number of aromatic nitrogens is 2. The van der Waals surface area contributed by atoms with Crippen molar-refractivity contribution in [2.24, 2.45) is 7.05 Å². The first-order valence-electron chi connectivity index (χ1n) is 8.31. The zero-order valence-electron chi connectivity index (χ0n) is 14.5. The number of thiophene rings is 1. The first-order chi connectivity index (χ1) is 13.1. The number of hydrogen-bond donors (Lipinski definition) is 1. The number of amides is 1. The molecule has 4 aromatic rings. The van der Waals surface area contributed by atoms with Gasteiger partial charge in [-0.25, -0.2) is 4.39 Å². The Kier molecular flexibility index (Phi) is 4.60. The van der Waals surface area contributed by atoms with Crippen LogP contribution >= 0.6 is 11.3 Å². The van der Waals surface area contributed by atoms with Gasteiger partial charge in [0.1, 0.15) is 23.0 Å². The Morgan fingerprint density at radius 1 is 1.22 bits per heavy atom. The maximum absolute atomic E-state index is 13.1. The molecule has 7 heteroatoms. The summed E-state index contributed by atoms with van der Waals surface area (Å²) in [6, 6.07) is 15.4. The lowest BCUT2D eigenvalue weighted by Crippen LogP contribution is -2.24. The highest BCUT2D eigenvalue weighted by molar-refractivity contribution is 7.13. The van der Waals surface area contributed by atoms with Crippen molar-refractivity contribution in [3.05, 3.63) is 77.2 Å². The standard InChI is InChI=1S/C20H16FN3O2S/c1-24-17(11-16(23-24)13-4-6-14(21)7-5-13)20(25)22-12-15-8-9-18(26-15)19-3-2-10-27-19/h2-11H,12H2,1H3,(H,22,25). The van der Waals surface area contributed by atoms with Gasteiger partial charge in [0.05, 0.1) is 17.1 Å². The molecule has 0 radical (unpaired) electrons. The second kappa shape index (κ2) is 7.20. The van der Waals surface area contributed by atoms with E-state index in [9.17, 15) is 9.18 Å². The van der Waals surface area contributed by atoms with E-state index in [1.54, 1.807) is 36.6 Å². The number of rotatable bonds is 5. The molecule has 1 aromatic carbocycles. The third-order valence-electron chi connectivity index (χ3n) is 4.10. The number of nitrogens with one attached hydrogen (secondary N) is 1. The summed E-state index contributed by atoms with van der Waals surface area (Å²) in [5, 5.41) is 9.16. The average Bonchev–Trinajstić information content (AvgIpc) is 3.40. The molecule has 0 saturated heterocycles. The Balaban J connectivity index is 1.45. The molecule has 0 saturated carbocycles. The van der Waals surface area contributed by atoms with Crippen LogP contribution in [-0.2, 0) is 13.6 Å². The van der Waals surface area contributed by atoms with Gasteiger partial charge < -0.3 is 9.73 Å². The van der Waals surface area contributed by atoms with Crippen LogP contribution in [0.4, 0.5) is 4.39 Å². The number of carbonyl (C=O) groups is 1. The molecule has 4 rings (SSSR count). The minimum atomic E-state index is -0.312. The average molecular weight is 381 g/mol. The highest BCUT2D eigenvalue weighted by atomic mass is 32.1. The molecule has 1 N–H and O–H groups in total. The first kappa shape index (κ1) is 17.2. The normalized spacial score (nSPS) is 10.9. The Bertz CT molecular complexity index is 1070. The van der Waals surface area contributed by atoms with Crippen molar-refractivity contribution in [1.82, 2.24) is 15.1 Å². The third-order valence-corrected chi connectivity index (χ3v) is 4.99. The van der Waals surface area contributed by atoms with Crippen LogP contribution in [0, 0.1) is 5.82 Å². The summed E-state index contributed by atoms with van der Waals surface area (Å²) in [6.07, 6.45) is 0. The summed E-state index contributed by atoms with van der Waals surface area (Å²) in [7, 11) is 1.70. The minimum Gasteiger partial charge on any atom is -0.458 e. The predicted octanol–water partition coefficient (Wildman–Crippen LogP) is 4.48. The van der Waals surface area contributed by atoms with E-state index in [0.29, 0.717) is 17.1 Å². The minimum absolute atomic E-state index is 0.257. The first-order valence-corrected chi connectivity index (χ1v) is 9.19. The summed E-state index contributed by atoms with van der Waals surface area (Å²) in [5.74, 6) is 0.890. The molecule has 27 heavy (non-hydrogen) atoms. The Labute approximate surface area is 159 Å². The predicted molar refractivity (Wildman–Crippen MR) is 102 cm³/mol. The van der Waals surface area contributed by atoms with Crippen molar-refractivity contribution >= 4 is 17.2 Å². The summed E-state index contributed by atoms with van der Waals surface area (Å²) in [5.41, 5.74) is 1.78. The van der Waals surface area contributed by atoms with E-state index in [0.717, 1.165) is 16.2 Å². The van der Waals surface area contributed by atoms with Gasteiger partial charge in [-0.1, -0.05) is 6.07 Å². The van der Waals surface area contributed by atoms with Crippen LogP contribution in [0.3, 0.4) is 0 Å². The van der Waals surface area contributed by atoms with Crippen LogP contribution in [0.25, 0.3) is 21.9 Å². The molecule has 1 amide bonds. The molecule has 0 bridgehead atoms. The van der Waals surface area contributed by atoms with Crippen LogP contribution in [0.2, 0.25) is 0 Å². The quantitative estimate of drug-likeness (QED) is 0.555. The molecule has 0 unspecified atom stereocenters. The van der Waals surface area contributed by atoms with Gasteiger partial charge in [-0.3, -0.25) is 9.48 Å². The number of hydrogen-bond acceptors (Lipinski definition) is 4. The number of aryl methyl sites for hydroxylation is 1. The number of furan rings is 1. The monoisotopic (exact) mass is 381 g/mol. The lowest BCUT2D eigenvalue weighted by atomic mass is 10.1. The van der Waals surface area contributed by atoms with Crippen LogP contribution in [0.1, 0.15) is 16.2 Å². The molecule has 0 atom stereocenters. The maximum atomic E-state index is 13.1. The summed E-state index contributed by atoms with van der Waals surface area (Å²) < 4.78 is 20.3. The molecule has 3 aromatic heterocycles. The van der Waals surface area contributed by atoms with Gasteiger partial charge in [0.2, 0.25) is 0 Å². The van der Waals surface area contributed by atoms with E-state index in [4.69, 9.17) is 4.42 Å². The van der Waals surface area contributed by atoms with E-state index in [-0.39, 0.29) is 18.3 Å². The highest BCUT2D eigenvalue weighted by Crippen LogP contribution is 2.26. The van der Waals surface area contributed by atoms with Gasteiger partial charge in [0.15, 0.2) is 0 Å². The number of halogens is 1. The van der Waals surface area contributed by atoms with Crippen molar-refractivity contribution < 1.29 is 13.6 Å². The molecule has 3 heterocycles. The Morgan fingerprint density at radius 3 is 2.78 bits per heavy atom. The van der Waals surface area contributed by atoms with Crippen molar-refractivity contribution in [1.29, 1.82) is 0 Å². The lowest BCUT2D eigenvalue weighted by Gasteiger charge is -2.03. The zero-order chi connectivity index (χ0) is 18.8.